The van der Waals surface area contributed by atoms with E-state index in [0.717, 1.165) is 45.5 Å². The first-order valence-electron chi connectivity index (χ1n) is 10.6. The van der Waals surface area contributed by atoms with Crippen LogP contribution in [0.25, 0.3) is 27.5 Å². The van der Waals surface area contributed by atoms with E-state index in [0.29, 0.717) is 11.7 Å². The van der Waals surface area contributed by atoms with E-state index in [1.165, 1.54) is 0 Å². The van der Waals surface area contributed by atoms with Crippen molar-refractivity contribution in [2.24, 2.45) is 0 Å². The maximum Gasteiger partial charge on any atom is 0.191 e. The Morgan fingerprint density at radius 3 is 2.55 bits per heavy atom. The molecule has 0 saturated carbocycles. The molecule has 0 bridgehead atoms. The Morgan fingerprint density at radius 2 is 1.81 bits per heavy atom. The van der Waals surface area contributed by atoms with Crippen molar-refractivity contribution >= 4 is 32.6 Å². The number of rotatable bonds is 3. The van der Waals surface area contributed by atoms with Gasteiger partial charge in [0.1, 0.15) is 11.4 Å². The van der Waals surface area contributed by atoms with Crippen LogP contribution in [-0.2, 0) is 0 Å². The highest BCUT2D eigenvalue weighted by molar-refractivity contribution is 7.21. The van der Waals surface area contributed by atoms with E-state index in [-0.39, 0.29) is 11.1 Å². The molecule has 1 aliphatic rings. The van der Waals surface area contributed by atoms with Crippen molar-refractivity contribution in [3.05, 3.63) is 30.2 Å². The number of aryl methyl sites for hydroxylation is 1. The lowest BCUT2D eigenvalue weighted by Gasteiger charge is -2.48. The number of hydrogen-bond acceptors (Lipinski definition) is 8. The van der Waals surface area contributed by atoms with Crippen molar-refractivity contribution in [3.63, 3.8) is 0 Å². The number of nitrogens with one attached hydrogen (secondary N) is 1. The summed E-state index contributed by atoms with van der Waals surface area (Å²) in [4.78, 5) is 21.8. The molecule has 1 fully saturated rings. The van der Waals surface area contributed by atoms with Gasteiger partial charge in [-0.1, -0.05) is 11.3 Å². The van der Waals surface area contributed by atoms with E-state index in [1.54, 1.807) is 22.0 Å². The second-order valence-electron chi connectivity index (χ2n) is 9.85. The van der Waals surface area contributed by atoms with Gasteiger partial charge in [-0.15, -0.1) is 0 Å². The molecular formula is C22H28N8S. The zero-order valence-electron chi connectivity index (χ0n) is 18.8. The predicted molar refractivity (Wildman–Crippen MR) is 125 cm³/mol. The van der Waals surface area contributed by atoms with Gasteiger partial charge < -0.3 is 10.2 Å². The Kier molecular flexibility index (Phi) is 4.53. The van der Waals surface area contributed by atoms with Crippen LogP contribution in [0.1, 0.15) is 46.2 Å². The van der Waals surface area contributed by atoms with Gasteiger partial charge in [-0.05, 0) is 59.6 Å². The topological polar surface area (TPSA) is 84.1 Å². The third-order valence-corrected chi connectivity index (χ3v) is 6.86. The van der Waals surface area contributed by atoms with Crippen molar-refractivity contribution < 1.29 is 0 Å². The van der Waals surface area contributed by atoms with Gasteiger partial charge in [0, 0.05) is 24.2 Å². The fourth-order valence-electron chi connectivity index (χ4n) is 4.82. The largest absolute Gasteiger partial charge is 0.348 e. The third kappa shape index (κ3) is 3.87. The van der Waals surface area contributed by atoms with Crippen LogP contribution in [0.4, 0.5) is 5.13 Å². The lowest BCUT2D eigenvalue weighted by Crippen LogP contribution is -2.61. The third-order valence-electron chi connectivity index (χ3n) is 5.83. The zero-order valence-corrected chi connectivity index (χ0v) is 19.7. The van der Waals surface area contributed by atoms with E-state index in [2.05, 4.69) is 60.0 Å². The summed E-state index contributed by atoms with van der Waals surface area (Å²) in [6.45, 7) is 11.0. The van der Waals surface area contributed by atoms with E-state index in [4.69, 9.17) is 9.97 Å². The molecular weight excluding hydrogens is 408 g/mol. The molecule has 4 aromatic heterocycles. The summed E-state index contributed by atoms with van der Waals surface area (Å²) in [6.07, 6.45) is 5.78. The summed E-state index contributed by atoms with van der Waals surface area (Å²) >= 11 is 1.59. The van der Waals surface area contributed by atoms with Gasteiger partial charge in [0.2, 0.25) is 0 Å². The van der Waals surface area contributed by atoms with Crippen LogP contribution in [0, 0.1) is 6.92 Å². The van der Waals surface area contributed by atoms with Gasteiger partial charge in [-0.2, -0.15) is 10.1 Å². The van der Waals surface area contributed by atoms with Crippen molar-refractivity contribution in [1.29, 1.82) is 0 Å². The molecule has 0 unspecified atom stereocenters. The molecule has 5 heterocycles. The molecule has 1 N–H and O–H groups in total. The number of fused-ring (bicyclic) bond motifs is 2. The van der Waals surface area contributed by atoms with Gasteiger partial charge in [-0.25, -0.2) is 19.5 Å². The highest BCUT2D eigenvalue weighted by Crippen LogP contribution is 2.35. The SMILES string of the molecule is Cc1cn2nc(-c3cnc4nc(N(C)C5CC(C)(C)NC(C)(C)C5)sc4n3)ccc2n1. The fourth-order valence-corrected chi connectivity index (χ4v) is 5.75. The first kappa shape index (κ1) is 20.3. The molecule has 162 valence electrons. The minimum atomic E-state index is 0.0804. The highest BCUT2D eigenvalue weighted by atomic mass is 32.1. The lowest BCUT2D eigenvalue weighted by molar-refractivity contribution is 0.161. The van der Waals surface area contributed by atoms with E-state index >= 15 is 0 Å². The molecule has 0 aromatic carbocycles. The number of piperidine rings is 1. The predicted octanol–water partition coefficient (Wildman–Crippen LogP) is 3.85. The molecule has 8 nitrogen and oxygen atoms in total. The molecule has 9 heteroatoms. The molecule has 1 saturated heterocycles. The summed E-state index contributed by atoms with van der Waals surface area (Å²) in [5, 5.41) is 9.35. The van der Waals surface area contributed by atoms with Crippen LogP contribution in [-0.4, -0.2) is 53.7 Å². The summed E-state index contributed by atoms with van der Waals surface area (Å²) in [6, 6.07) is 4.29. The smallest absolute Gasteiger partial charge is 0.191 e. The average molecular weight is 437 g/mol. The molecule has 0 atom stereocenters. The van der Waals surface area contributed by atoms with Gasteiger partial charge in [0.15, 0.2) is 21.3 Å². The average Bonchev–Trinajstić information content (AvgIpc) is 3.25. The van der Waals surface area contributed by atoms with Crippen molar-refractivity contribution in [1.82, 2.24) is 34.9 Å². The van der Waals surface area contributed by atoms with Crippen molar-refractivity contribution in [3.8, 4) is 11.4 Å². The minimum absolute atomic E-state index is 0.0804. The second-order valence-corrected chi connectivity index (χ2v) is 10.8. The van der Waals surface area contributed by atoms with E-state index < -0.39 is 0 Å². The molecule has 4 aromatic rings. The summed E-state index contributed by atoms with van der Waals surface area (Å²) in [5.41, 5.74) is 4.11. The summed E-state index contributed by atoms with van der Waals surface area (Å²) < 4.78 is 1.78. The molecule has 5 rings (SSSR count). The van der Waals surface area contributed by atoms with Crippen LogP contribution in [0.5, 0.6) is 0 Å². The monoisotopic (exact) mass is 436 g/mol. The Hall–Kier alpha value is -2.65. The van der Waals surface area contributed by atoms with Crippen LogP contribution in [0.2, 0.25) is 0 Å². The second kappa shape index (κ2) is 6.93. The van der Waals surface area contributed by atoms with Crippen LogP contribution in [0.3, 0.4) is 0 Å². The number of nitrogens with zero attached hydrogens (tertiary/aromatic N) is 7. The Bertz CT molecular complexity index is 1260. The summed E-state index contributed by atoms with van der Waals surface area (Å²) in [5.74, 6) is 0. The number of thiazole rings is 1. The maximum absolute atomic E-state index is 4.82. The van der Waals surface area contributed by atoms with Gasteiger partial charge >= 0.3 is 0 Å². The highest BCUT2D eigenvalue weighted by Gasteiger charge is 2.39. The zero-order chi connectivity index (χ0) is 22.0. The Balaban J connectivity index is 1.46. The van der Waals surface area contributed by atoms with Crippen LogP contribution < -0.4 is 10.2 Å². The van der Waals surface area contributed by atoms with E-state index in [9.17, 15) is 0 Å². The minimum Gasteiger partial charge on any atom is -0.348 e. The number of anilines is 1. The van der Waals surface area contributed by atoms with Crippen LogP contribution in [0.15, 0.2) is 24.5 Å². The molecule has 31 heavy (non-hydrogen) atoms. The molecule has 0 spiro atoms. The van der Waals surface area contributed by atoms with Gasteiger partial charge in [0.25, 0.3) is 0 Å². The summed E-state index contributed by atoms with van der Waals surface area (Å²) in [7, 11) is 2.14. The number of aromatic nitrogens is 6. The lowest BCUT2D eigenvalue weighted by atomic mass is 9.79. The Morgan fingerprint density at radius 1 is 1.06 bits per heavy atom. The fraction of sp³-hybridized carbons (Fsp3) is 0.500. The number of imidazole rings is 1. The first-order valence-corrected chi connectivity index (χ1v) is 11.4. The van der Waals surface area contributed by atoms with Crippen molar-refractivity contribution in [2.75, 3.05) is 11.9 Å². The van der Waals surface area contributed by atoms with Gasteiger partial charge in [-0.3, -0.25) is 0 Å². The van der Waals surface area contributed by atoms with Gasteiger partial charge in [0.05, 0.1) is 18.1 Å². The quantitative estimate of drug-likeness (QED) is 0.522. The standard InChI is InChI=1S/C22H28N8S/c1-13-12-30-17(24-13)8-7-15(27-30)16-11-23-18-19(25-16)31-20(26-18)29(6)14-9-21(2,3)28-22(4,5)10-14/h7-8,11-12,14,28H,9-10H2,1-6H3. The molecule has 0 aliphatic carbocycles. The number of hydrogen-bond donors (Lipinski definition) is 1. The first-order chi connectivity index (χ1) is 14.6. The molecule has 1 aliphatic heterocycles. The Labute approximate surface area is 185 Å². The van der Waals surface area contributed by atoms with Crippen LogP contribution >= 0.6 is 11.3 Å². The van der Waals surface area contributed by atoms with E-state index in [1.807, 2.05) is 25.3 Å². The molecule has 0 radical (unpaired) electrons. The van der Waals surface area contributed by atoms with Crippen molar-refractivity contribution in [2.45, 2.75) is 64.6 Å². The molecule has 0 amide bonds. The maximum atomic E-state index is 4.82. The normalized spacial score (nSPS) is 18.6.